The minimum absolute atomic E-state index is 0.0181. The van der Waals surface area contributed by atoms with Gasteiger partial charge in [-0.05, 0) is 38.1 Å². The van der Waals surface area contributed by atoms with E-state index in [1.165, 1.54) is 0 Å². The number of carbonyl (C=O) groups excluding carboxylic acids is 2. The number of aromatic nitrogens is 1. The van der Waals surface area contributed by atoms with Gasteiger partial charge < -0.3 is 5.32 Å². The number of carbonyl (C=O) groups is 2. The second-order valence-corrected chi connectivity index (χ2v) is 5.89. The molecule has 120 valence electrons. The fourth-order valence-electron chi connectivity index (χ4n) is 1.87. The van der Waals surface area contributed by atoms with Crippen molar-refractivity contribution in [3.63, 3.8) is 0 Å². The molecule has 0 aliphatic rings. The van der Waals surface area contributed by atoms with Crippen molar-refractivity contribution in [2.45, 2.75) is 13.8 Å². The van der Waals surface area contributed by atoms with Crippen molar-refractivity contribution in [1.82, 2.24) is 10.3 Å². The molecule has 8 heteroatoms. The van der Waals surface area contributed by atoms with Crippen LogP contribution in [-0.4, -0.2) is 16.9 Å². The Morgan fingerprint density at radius 3 is 2.00 bits per heavy atom. The first-order chi connectivity index (χ1) is 10.8. The fraction of sp³-hybridized carbons (Fsp3) is 0.133. The summed E-state index contributed by atoms with van der Waals surface area (Å²) >= 11 is 17.9. The molecule has 0 spiro atoms. The molecule has 0 atom stereocenters. The molecule has 2 aromatic rings. The lowest BCUT2D eigenvalue weighted by atomic mass is 10.2. The van der Waals surface area contributed by atoms with E-state index in [0.29, 0.717) is 22.1 Å². The summed E-state index contributed by atoms with van der Waals surface area (Å²) in [7, 11) is 0. The second kappa shape index (κ2) is 7.17. The van der Waals surface area contributed by atoms with Gasteiger partial charge in [0.05, 0.1) is 27.0 Å². The highest BCUT2D eigenvalue weighted by atomic mass is 35.5. The van der Waals surface area contributed by atoms with Gasteiger partial charge in [0.2, 0.25) is 0 Å². The number of amides is 3. The molecule has 2 rings (SSSR count). The van der Waals surface area contributed by atoms with Crippen LogP contribution in [0.25, 0.3) is 0 Å². The van der Waals surface area contributed by atoms with Crippen LogP contribution >= 0.6 is 34.8 Å². The van der Waals surface area contributed by atoms with Gasteiger partial charge in [-0.3, -0.25) is 15.1 Å². The van der Waals surface area contributed by atoms with Gasteiger partial charge in [-0.2, -0.15) is 0 Å². The lowest BCUT2D eigenvalue weighted by molar-refractivity contribution is 0.0967. The van der Waals surface area contributed by atoms with E-state index in [9.17, 15) is 9.59 Å². The highest BCUT2D eigenvalue weighted by molar-refractivity contribution is 6.40. The van der Waals surface area contributed by atoms with Crippen LogP contribution in [0.2, 0.25) is 15.1 Å². The summed E-state index contributed by atoms with van der Waals surface area (Å²) in [4.78, 5) is 28.3. The maximum Gasteiger partial charge on any atom is 0.326 e. The van der Waals surface area contributed by atoms with E-state index in [2.05, 4.69) is 15.6 Å². The predicted molar refractivity (Wildman–Crippen MR) is 91.7 cm³/mol. The van der Waals surface area contributed by atoms with Crippen molar-refractivity contribution < 1.29 is 9.59 Å². The molecule has 0 fully saturated rings. The lowest BCUT2D eigenvalue weighted by Crippen LogP contribution is -2.35. The number of imide groups is 1. The monoisotopic (exact) mass is 371 g/mol. The Morgan fingerprint density at radius 2 is 1.48 bits per heavy atom. The topological polar surface area (TPSA) is 71.1 Å². The molecule has 0 unspecified atom stereocenters. The molecule has 3 amide bonds. The zero-order valence-electron chi connectivity index (χ0n) is 12.2. The molecule has 2 N–H and O–H groups in total. The molecule has 5 nitrogen and oxygen atoms in total. The first-order valence-electron chi connectivity index (χ1n) is 6.49. The Bertz CT molecular complexity index is 750. The Labute approximate surface area is 148 Å². The summed E-state index contributed by atoms with van der Waals surface area (Å²) in [6.45, 7) is 3.30. The molecular formula is C15H12Cl3N3O2. The number of nitrogens with zero attached hydrogens (tertiary/aromatic N) is 1. The van der Waals surface area contributed by atoms with Crippen molar-refractivity contribution >= 4 is 52.4 Å². The molecular weight excluding hydrogens is 361 g/mol. The quantitative estimate of drug-likeness (QED) is 0.808. The molecule has 1 heterocycles. The molecule has 0 saturated heterocycles. The van der Waals surface area contributed by atoms with Crippen molar-refractivity contribution in [1.29, 1.82) is 0 Å². The van der Waals surface area contributed by atoms with Crippen LogP contribution in [0.3, 0.4) is 0 Å². The van der Waals surface area contributed by atoms with Crippen LogP contribution in [0.4, 0.5) is 10.5 Å². The molecule has 0 aliphatic carbocycles. The number of urea groups is 1. The minimum atomic E-state index is -0.712. The Kier molecular flexibility index (Phi) is 5.46. The highest BCUT2D eigenvalue weighted by Gasteiger charge is 2.21. The van der Waals surface area contributed by atoms with Gasteiger partial charge in [0.1, 0.15) is 0 Å². The number of benzene rings is 1. The normalized spacial score (nSPS) is 10.3. The highest BCUT2D eigenvalue weighted by Crippen LogP contribution is 2.28. The summed E-state index contributed by atoms with van der Waals surface area (Å²) in [5.41, 5.74) is 1.41. The van der Waals surface area contributed by atoms with Gasteiger partial charge in [-0.1, -0.05) is 34.8 Å². The first kappa shape index (κ1) is 17.5. The van der Waals surface area contributed by atoms with Crippen LogP contribution in [0.5, 0.6) is 0 Å². The number of nitrogens with one attached hydrogen (secondary N) is 2. The van der Waals surface area contributed by atoms with E-state index in [1.807, 2.05) is 0 Å². The zero-order chi connectivity index (χ0) is 17.1. The summed E-state index contributed by atoms with van der Waals surface area (Å²) in [5.74, 6) is -0.708. The van der Waals surface area contributed by atoms with Crippen LogP contribution in [0, 0.1) is 13.8 Å². The third-order valence-electron chi connectivity index (χ3n) is 2.97. The number of hydrogen-bond acceptors (Lipinski definition) is 3. The van der Waals surface area contributed by atoms with E-state index in [-0.39, 0.29) is 15.6 Å². The van der Waals surface area contributed by atoms with Crippen molar-refractivity contribution in [2.75, 3.05) is 5.32 Å². The van der Waals surface area contributed by atoms with Gasteiger partial charge >= 0.3 is 6.03 Å². The fourth-order valence-corrected chi connectivity index (χ4v) is 2.49. The number of rotatable bonds is 2. The number of aryl methyl sites for hydroxylation is 2. The van der Waals surface area contributed by atoms with Crippen LogP contribution in [0.1, 0.15) is 21.7 Å². The number of pyridine rings is 1. The van der Waals surface area contributed by atoms with Crippen LogP contribution in [0.15, 0.2) is 24.3 Å². The number of anilines is 1. The Balaban J connectivity index is 2.16. The van der Waals surface area contributed by atoms with Crippen molar-refractivity contribution in [3.8, 4) is 0 Å². The van der Waals surface area contributed by atoms with Gasteiger partial charge in [0, 0.05) is 10.7 Å². The molecule has 23 heavy (non-hydrogen) atoms. The molecule has 0 saturated carbocycles. The van der Waals surface area contributed by atoms with E-state index in [4.69, 9.17) is 34.8 Å². The third-order valence-corrected chi connectivity index (χ3v) is 4.14. The summed E-state index contributed by atoms with van der Waals surface area (Å²) in [6.07, 6.45) is 0. The maximum absolute atomic E-state index is 12.3. The first-order valence-corrected chi connectivity index (χ1v) is 7.63. The lowest BCUT2D eigenvalue weighted by Gasteiger charge is -2.11. The summed E-state index contributed by atoms with van der Waals surface area (Å²) in [6, 6.07) is 5.72. The minimum Gasteiger partial charge on any atom is -0.308 e. The molecule has 0 radical (unpaired) electrons. The number of halogens is 3. The predicted octanol–water partition coefficient (Wildman–Crippen LogP) is 4.62. The van der Waals surface area contributed by atoms with E-state index in [0.717, 1.165) is 0 Å². The molecule has 0 bridgehead atoms. The average Bonchev–Trinajstić information content (AvgIpc) is 2.48. The van der Waals surface area contributed by atoms with Gasteiger partial charge in [0.25, 0.3) is 5.91 Å². The van der Waals surface area contributed by atoms with Crippen molar-refractivity contribution in [2.24, 2.45) is 0 Å². The van der Waals surface area contributed by atoms with E-state index >= 15 is 0 Å². The van der Waals surface area contributed by atoms with E-state index < -0.39 is 11.9 Å². The molecule has 1 aromatic heterocycles. The summed E-state index contributed by atoms with van der Waals surface area (Å²) in [5, 5.41) is 5.44. The van der Waals surface area contributed by atoms with Gasteiger partial charge in [-0.25, -0.2) is 4.79 Å². The second-order valence-electron chi connectivity index (χ2n) is 4.70. The Morgan fingerprint density at radius 1 is 0.957 bits per heavy atom. The standard InChI is InChI=1S/C15H12Cl3N3O2/c1-7-12(17)11(13(18)8(2)19-7)14(22)21-15(23)20-10-5-3-9(16)4-6-10/h3-6H,1-2H3,(H2,20,21,22,23). The van der Waals surface area contributed by atoms with E-state index in [1.54, 1.807) is 38.1 Å². The number of hydrogen-bond donors (Lipinski definition) is 2. The van der Waals surface area contributed by atoms with Crippen molar-refractivity contribution in [3.05, 3.63) is 56.3 Å². The molecule has 1 aromatic carbocycles. The van der Waals surface area contributed by atoms with Gasteiger partial charge in [-0.15, -0.1) is 0 Å². The zero-order valence-corrected chi connectivity index (χ0v) is 14.5. The Hall–Kier alpha value is -1.82. The third kappa shape index (κ3) is 4.13. The smallest absolute Gasteiger partial charge is 0.308 e. The maximum atomic E-state index is 12.3. The largest absolute Gasteiger partial charge is 0.326 e. The SMILES string of the molecule is Cc1nc(C)c(Cl)c(C(=O)NC(=O)Nc2ccc(Cl)cc2)c1Cl. The molecule has 0 aliphatic heterocycles. The average molecular weight is 373 g/mol. The van der Waals surface area contributed by atoms with Crippen LogP contribution in [-0.2, 0) is 0 Å². The summed E-state index contributed by atoms with van der Waals surface area (Å²) < 4.78 is 0. The van der Waals surface area contributed by atoms with Crippen LogP contribution < -0.4 is 10.6 Å². The van der Waals surface area contributed by atoms with Gasteiger partial charge in [0.15, 0.2) is 0 Å².